The second-order valence-corrected chi connectivity index (χ2v) is 10.9. The van der Waals surface area contributed by atoms with Crippen LogP contribution in [-0.2, 0) is 24.3 Å². The highest BCUT2D eigenvalue weighted by molar-refractivity contribution is 7.89. The molecule has 30 heavy (non-hydrogen) atoms. The van der Waals surface area contributed by atoms with Gasteiger partial charge >= 0.3 is 0 Å². The smallest absolute Gasteiger partial charge is 0.297 e. The Morgan fingerprint density at radius 2 is 1.37 bits per heavy atom. The van der Waals surface area contributed by atoms with Crippen LogP contribution in [0.4, 0.5) is 0 Å². The Bertz CT molecular complexity index is 1010. The van der Waals surface area contributed by atoms with E-state index < -0.39 is 26.2 Å². The fourth-order valence-corrected chi connectivity index (χ4v) is 5.16. The third kappa shape index (κ3) is 6.88. The first kappa shape index (κ1) is 24.5. The first-order chi connectivity index (χ1) is 14.0. The molecule has 0 aliphatic heterocycles. The second kappa shape index (κ2) is 10.5. The first-order valence-electron chi connectivity index (χ1n) is 9.73. The van der Waals surface area contributed by atoms with Gasteiger partial charge in [-0.1, -0.05) is 35.4 Å². The van der Waals surface area contributed by atoms with Gasteiger partial charge in [0.05, 0.1) is 22.5 Å². The third-order valence-electron chi connectivity index (χ3n) is 4.58. The van der Waals surface area contributed by atoms with Gasteiger partial charge in [0, 0.05) is 13.1 Å². The van der Waals surface area contributed by atoms with Gasteiger partial charge in [0.25, 0.3) is 10.1 Å². The van der Waals surface area contributed by atoms with Gasteiger partial charge in [-0.05, 0) is 57.9 Å². The average molecular weight is 456 g/mol. The van der Waals surface area contributed by atoms with Crippen molar-refractivity contribution in [2.75, 3.05) is 19.7 Å². The summed E-state index contributed by atoms with van der Waals surface area (Å²) in [6.45, 7) is 5.06. The lowest BCUT2D eigenvalue weighted by Crippen LogP contribution is -2.35. The third-order valence-corrected chi connectivity index (χ3v) is 7.82. The Hall–Kier alpha value is -1.78. The van der Waals surface area contributed by atoms with Crippen molar-refractivity contribution in [2.45, 2.75) is 49.5 Å². The van der Waals surface area contributed by atoms with Crippen LogP contribution in [0.25, 0.3) is 0 Å². The number of rotatable bonds is 11. The summed E-state index contributed by atoms with van der Waals surface area (Å²) in [7, 11) is -7.81. The molecular formula is C21H29NO6S2. The van der Waals surface area contributed by atoms with Gasteiger partial charge in [0.2, 0.25) is 10.0 Å². The lowest BCUT2D eigenvalue weighted by molar-refractivity contribution is 0.177. The number of hydrogen-bond donors (Lipinski definition) is 1. The van der Waals surface area contributed by atoms with Crippen molar-refractivity contribution >= 4 is 20.1 Å². The van der Waals surface area contributed by atoms with E-state index in [9.17, 15) is 21.9 Å². The van der Waals surface area contributed by atoms with E-state index in [0.29, 0.717) is 12.8 Å². The summed E-state index contributed by atoms with van der Waals surface area (Å²) in [6.07, 6.45) is 0.322. The molecule has 1 N–H and O–H groups in total. The molecule has 0 aromatic heterocycles. The molecule has 9 heteroatoms. The zero-order valence-electron chi connectivity index (χ0n) is 17.5. The summed E-state index contributed by atoms with van der Waals surface area (Å²) in [5.74, 6) is 0. The predicted octanol–water partition coefficient (Wildman–Crippen LogP) is 2.86. The predicted molar refractivity (Wildman–Crippen MR) is 115 cm³/mol. The molecule has 2 aromatic carbocycles. The molecule has 2 aromatic rings. The maximum absolute atomic E-state index is 13.0. The van der Waals surface area contributed by atoms with Crippen molar-refractivity contribution in [2.24, 2.45) is 0 Å². The van der Waals surface area contributed by atoms with Gasteiger partial charge < -0.3 is 5.11 Å². The van der Waals surface area contributed by atoms with E-state index in [2.05, 4.69) is 0 Å². The van der Waals surface area contributed by atoms with Gasteiger partial charge in [-0.15, -0.1) is 0 Å². The van der Waals surface area contributed by atoms with E-state index in [1.165, 1.54) is 28.6 Å². The van der Waals surface area contributed by atoms with Crippen LogP contribution in [0.1, 0.15) is 30.9 Å². The Balaban J connectivity index is 2.12. The van der Waals surface area contributed by atoms with Crippen molar-refractivity contribution in [1.82, 2.24) is 4.31 Å². The molecule has 1 atom stereocenters. The summed E-state index contributed by atoms with van der Waals surface area (Å²) in [5.41, 5.74) is 1.85. The number of hydrogen-bond acceptors (Lipinski definition) is 6. The number of benzene rings is 2. The first-order valence-corrected chi connectivity index (χ1v) is 12.6. The fourth-order valence-electron chi connectivity index (χ4n) is 2.80. The molecule has 0 aliphatic rings. The van der Waals surface area contributed by atoms with E-state index in [1.54, 1.807) is 31.2 Å². The van der Waals surface area contributed by atoms with Crippen LogP contribution in [0.2, 0.25) is 0 Å². The molecule has 2 rings (SSSR count). The quantitative estimate of drug-likeness (QED) is 0.523. The van der Waals surface area contributed by atoms with E-state index in [-0.39, 0.29) is 29.5 Å². The van der Waals surface area contributed by atoms with Crippen LogP contribution in [0.15, 0.2) is 58.3 Å². The van der Waals surface area contributed by atoms with E-state index in [0.717, 1.165) is 11.1 Å². The van der Waals surface area contributed by atoms with Crippen LogP contribution in [0, 0.1) is 13.8 Å². The molecule has 0 saturated heterocycles. The van der Waals surface area contributed by atoms with Gasteiger partial charge in [0.1, 0.15) is 0 Å². The van der Waals surface area contributed by atoms with Gasteiger partial charge in [-0.3, -0.25) is 4.18 Å². The SMILES string of the molecule is Cc1ccc(S(=O)(=O)OCCN(CCCC(C)O)S(=O)(=O)c2ccc(C)cc2)cc1. The molecule has 0 spiro atoms. The summed E-state index contributed by atoms with van der Waals surface area (Å²) < 4.78 is 57.1. The zero-order chi connectivity index (χ0) is 22.4. The molecule has 1 unspecified atom stereocenters. The highest BCUT2D eigenvalue weighted by atomic mass is 32.2. The number of aliphatic hydroxyl groups excluding tert-OH is 1. The van der Waals surface area contributed by atoms with Crippen molar-refractivity contribution < 1.29 is 26.1 Å². The molecule has 0 fully saturated rings. The average Bonchev–Trinajstić information content (AvgIpc) is 2.67. The van der Waals surface area contributed by atoms with Gasteiger partial charge in [-0.2, -0.15) is 12.7 Å². The minimum absolute atomic E-state index is 0.0233. The summed E-state index contributed by atoms with van der Waals surface area (Å²) in [5, 5.41) is 9.47. The summed E-state index contributed by atoms with van der Waals surface area (Å²) in [6, 6.07) is 12.7. The number of nitrogens with zero attached hydrogens (tertiary/aromatic N) is 1. The topological polar surface area (TPSA) is 101 Å². The number of aryl methyl sites for hydroxylation is 2. The molecule has 166 valence electrons. The highest BCUT2D eigenvalue weighted by Gasteiger charge is 2.25. The molecule has 0 aliphatic carbocycles. The fraction of sp³-hybridized carbons (Fsp3) is 0.429. The Morgan fingerprint density at radius 1 is 0.867 bits per heavy atom. The van der Waals surface area contributed by atoms with E-state index in [1.807, 2.05) is 13.8 Å². The van der Waals surface area contributed by atoms with Gasteiger partial charge in [0.15, 0.2) is 0 Å². The Morgan fingerprint density at radius 3 is 1.87 bits per heavy atom. The van der Waals surface area contributed by atoms with E-state index in [4.69, 9.17) is 4.18 Å². The lowest BCUT2D eigenvalue weighted by atomic mass is 10.2. The van der Waals surface area contributed by atoms with Crippen molar-refractivity contribution in [1.29, 1.82) is 0 Å². The van der Waals surface area contributed by atoms with Crippen LogP contribution in [0.5, 0.6) is 0 Å². The van der Waals surface area contributed by atoms with Crippen molar-refractivity contribution in [3.05, 3.63) is 59.7 Å². The Kier molecular flexibility index (Phi) is 8.57. The molecule has 0 heterocycles. The van der Waals surface area contributed by atoms with Gasteiger partial charge in [-0.25, -0.2) is 8.42 Å². The zero-order valence-corrected chi connectivity index (χ0v) is 19.1. The molecule has 0 radical (unpaired) electrons. The lowest BCUT2D eigenvalue weighted by Gasteiger charge is -2.22. The Labute approximate surface area is 179 Å². The summed E-state index contributed by atoms with van der Waals surface area (Å²) in [4.78, 5) is 0.154. The molecule has 0 saturated carbocycles. The molecule has 7 nitrogen and oxygen atoms in total. The normalized spacial score (nSPS) is 13.5. The largest absolute Gasteiger partial charge is 0.393 e. The second-order valence-electron chi connectivity index (χ2n) is 7.30. The monoisotopic (exact) mass is 455 g/mol. The van der Waals surface area contributed by atoms with Crippen molar-refractivity contribution in [3.8, 4) is 0 Å². The number of sulfonamides is 1. The molecular weight excluding hydrogens is 426 g/mol. The summed E-state index contributed by atoms with van der Waals surface area (Å²) >= 11 is 0. The molecule has 0 amide bonds. The number of aliphatic hydroxyl groups is 1. The van der Waals surface area contributed by atoms with Crippen LogP contribution in [0.3, 0.4) is 0 Å². The highest BCUT2D eigenvalue weighted by Crippen LogP contribution is 2.18. The maximum atomic E-state index is 13.0. The van der Waals surface area contributed by atoms with E-state index >= 15 is 0 Å². The van der Waals surface area contributed by atoms with Crippen LogP contribution < -0.4 is 0 Å². The minimum Gasteiger partial charge on any atom is -0.393 e. The minimum atomic E-state index is -3.98. The van der Waals surface area contributed by atoms with Crippen LogP contribution >= 0.6 is 0 Å². The maximum Gasteiger partial charge on any atom is 0.297 e. The van der Waals surface area contributed by atoms with Crippen LogP contribution in [-0.4, -0.2) is 52.0 Å². The molecule has 0 bridgehead atoms. The standard InChI is InChI=1S/C21H29NO6S2/c1-17-6-10-20(11-7-17)29(24,25)22(14-4-5-19(3)23)15-16-28-30(26,27)21-12-8-18(2)9-13-21/h6-13,19,23H,4-5,14-16H2,1-3H3. The van der Waals surface area contributed by atoms with Crippen molar-refractivity contribution in [3.63, 3.8) is 0 Å².